The van der Waals surface area contributed by atoms with Gasteiger partial charge in [0.05, 0.1) is 11.0 Å². The van der Waals surface area contributed by atoms with Gasteiger partial charge in [0.1, 0.15) is 6.33 Å². The molecule has 0 saturated carbocycles. The van der Waals surface area contributed by atoms with Gasteiger partial charge >= 0.3 is 0 Å². The summed E-state index contributed by atoms with van der Waals surface area (Å²) in [5.41, 5.74) is 3.08. The van der Waals surface area contributed by atoms with Crippen LogP contribution in [0.15, 0.2) is 67.3 Å². The number of imidazole rings is 1. The van der Waals surface area contributed by atoms with Crippen molar-refractivity contribution >= 4 is 11.0 Å². The Morgan fingerprint density at radius 3 is 2.62 bits per heavy atom. The third-order valence-electron chi connectivity index (χ3n) is 2.57. The molecule has 16 heavy (non-hydrogen) atoms. The average Bonchev–Trinajstić information content (AvgIpc) is 2.74. The van der Waals surface area contributed by atoms with Crippen LogP contribution in [-0.4, -0.2) is 9.66 Å². The summed E-state index contributed by atoms with van der Waals surface area (Å²) >= 11 is 0. The van der Waals surface area contributed by atoms with Crippen molar-refractivity contribution in [3.63, 3.8) is 0 Å². The van der Waals surface area contributed by atoms with Crippen molar-refractivity contribution in [2.45, 2.75) is 0 Å². The maximum atomic E-state index is 4.34. The first-order valence-electron chi connectivity index (χ1n) is 5.10. The number of aromatic nitrogens is 2. The van der Waals surface area contributed by atoms with E-state index in [4.69, 9.17) is 0 Å². The fourth-order valence-electron chi connectivity index (χ4n) is 1.72. The molecular formula is C13H11N3. The first-order valence-corrected chi connectivity index (χ1v) is 5.10. The SMILES string of the molecule is C=C1C=CN(n2cnc3ccccc32)C=C1. The van der Waals surface area contributed by atoms with Crippen LogP contribution in [0.2, 0.25) is 0 Å². The molecule has 1 aromatic carbocycles. The minimum absolute atomic E-state index is 0.994. The first kappa shape index (κ1) is 8.97. The maximum absolute atomic E-state index is 4.34. The van der Waals surface area contributed by atoms with Gasteiger partial charge in [-0.05, 0) is 29.9 Å². The fraction of sp³-hybridized carbons (Fsp3) is 0. The van der Waals surface area contributed by atoms with Crippen molar-refractivity contribution in [3.05, 3.63) is 67.3 Å². The van der Waals surface area contributed by atoms with Crippen LogP contribution in [0.4, 0.5) is 0 Å². The molecule has 1 aliphatic heterocycles. The molecule has 0 amide bonds. The third-order valence-corrected chi connectivity index (χ3v) is 2.57. The number of allylic oxidation sites excluding steroid dienone is 3. The van der Waals surface area contributed by atoms with Crippen LogP contribution >= 0.6 is 0 Å². The van der Waals surface area contributed by atoms with Gasteiger partial charge in [-0.15, -0.1) is 0 Å². The molecule has 1 aromatic heterocycles. The standard InChI is InChI=1S/C13H11N3/c1-11-6-8-15(9-7-11)16-10-14-12-4-2-3-5-13(12)16/h2-10H,1H2. The predicted molar refractivity (Wildman–Crippen MR) is 65.4 cm³/mol. The van der Waals surface area contributed by atoms with Gasteiger partial charge in [0.2, 0.25) is 0 Å². The molecule has 78 valence electrons. The molecule has 2 aromatic rings. The Morgan fingerprint density at radius 2 is 1.81 bits per heavy atom. The largest absolute Gasteiger partial charge is 0.263 e. The van der Waals surface area contributed by atoms with Crippen molar-refractivity contribution in [3.8, 4) is 0 Å². The highest BCUT2D eigenvalue weighted by Gasteiger charge is 2.06. The van der Waals surface area contributed by atoms with E-state index >= 15 is 0 Å². The molecule has 0 bridgehead atoms. The van der Waals surface area contributed by atoms with Gasteiger partial charge < -0.3 is 0 Å². The lowest BCUT2D eigenvalue weighted by molar-refractivity contribution is 0.821. The van der Waals surface area contributed by atoms with Crippen LogP contribution in [0.25, 0.3) is 11.0 Å². The van der Waals surface area contributed by atoms with E-state index in [1.54, 1.807) is 0 Å². The van der Waals surface area contributed by atoms with Crippen LogP contribution < -0.4 is 5.01 Å². The molecule has 1 aliphatic rings. The third kappa shape index (κ3) is 1.34. The van der Waals surface area contributed by atoms with Crippen LogP contribution in [0.1, 0.15) is 0 Å². The molecule has 0 unspecified atom stereocenters. The van der Waals surface area contributed by atoms with E-state index < -0.39 is 0 Å². The van der Waals surface area contributed by atoms with Crippen LogP contribution in [-0.2, 0) is 0 Å². The monoisotopic (exact) mass is 209 g/mol. The van der Waals surface area contributed by atoms with Crippen molar-refractivity contribution in [1.29, 1.82) is 0 Å². The summed E-state index contributed by atoms with van der Waals surface area (Å²) in [6.07, 6.45) is 9.68. The summed E-state index contributed by atoms with van der Waals surface area (Å²) in [7, 11) is 0. The zero-order valence-corrected chi connectivity index (χ0v) is 8.74. The number of para-hydroxylation sites is 2. The van der Waals surface area contributed by atoms with Gasteiger partial charge in [-0.25, -0.2) is 9.66 Å². The number of rotatable bonds is 1. The second-order valence-electron chi connectivity index (χ2n) is 3.66. The lowest BCUT2D eigenvalue weighted by Gasteiger charge is -2.20. The summed E-state index contributed by atoms with van der Waals surface area (Å²) in [5, 5.41) is 1.98. The van der Waals surface area contributed by atoms with E-state index in [9.17, 15) is 0 Å². The number of hydrogen-bond donors (Lipinski definition) is 0. The molecule has 3 heteroatoms. The van der Waals surface area contributed by atoms with Gasteiger partial charge in [0.25, 0.3) is 0 Å². The zero-order chi connectivity index (χ0) is 11.0. The van der Waals surface area contributed by atoms with E-state index in [1.807, 2.05) is 64.8 Å². The molecule has 0 aliphatic carbocycles. The quantitative estimate of drug-likeness (QED) is 0.719. The summed E-state index contributed by atoms with van der Waals surface area (Å²) in [6, 6.07) is 8.05. The first-order chi connectivity index (χ1) is 7.84. The molecule has 0 radical (unpaired) electrons. The summed E-state index contributed by atoms with van der Waals surface area (Å²) in [5.74, 6) is 0. The van der Waals surface area contributed by atoms with Crippen LogP contribution in [0.3, 0.4) is 0 Å². The van der Waals surface area contributed by atoms with Crippen LogP contribution in [0, 0.1) is 0 Å². The van der Waals surface area contributed by atoms with Gasteiger partial charge in [-0.1, -0.05) is 18.7 Å². The molecule has 0 atom stereocenters. The van der Waals surface area contributed by atoms with E-state index in [2.05, 4.69) is 11.6 Å². The highest BCUT2D eigenvalue weighted by atomic mass is 15.5. The molecule has 3 nitrogen and oxygen atoms in total. The molecule has 0 N–H and O–H groups in total. The summed E-state index contributed by atoms with van der Waals surface area (Å²) in [4.78, 5) is 4.34. The average molecular weight is 209 g/mol. The van der Waals surface area contributed by atoms with Crippen molar-refractivity contribution < 1.29 is 0 Å². The van der Waals surface area contributed by atoms with E-state index in [-0.39, 0.29) is 0 Å². The fourth-order valence-corrected chi connectivity index (χ4v) is 1.72. The topological polar surface area (TPSA) is 21.1 Å². The zero-order valence-electron chi connectivity index (χ0n) is 8.74. The van der Waals surface area contributed by atoms with Gasteiger partial charge in [-0.2, -0.15) is 0 Å². The number of nitrogens with zero attached hydrogens (tertiary/aromatic N) is 3. The maximum Gasteiger partial charge on any atom is 0.116 e. The highest BCUT2D eigenvalue weighted by molar-refractivity contribution is 5.75. The smallest absolute Gasteiger partial charge is 0.116 e. The molecule has 0 fully saturated rings. The Kier molecular flexibility index (Phi) is 1.90. The van der Waals surface area contributed by atoms with E-state index in [1.165, 1.54) is 0 Å². The molecule has 3 rings (SSSR count). The Bertz CT molecular complexity index is 588. The Balaban J connectivity index is 2.10. The number of benzene rings is 1. The Labute approximate surface area is 93.6 Å². The lowest BCUT2D eigenvalue weighted by Crippen LogP contribution is -2.22. The second-order valence-corrected chi connectivity index (χ2v) is 3.66. The molecule has 0 saturated heterocycles. The minimum Gasteiger partial charge on any atom is -0.263 e. The van der Waals surface area contributed by atoms with Crippen LogP contribution in [0.5, 0.6) is 0 Å². The summed E-state index contributed by atoms with van der Waals surface area (Å²) < 4.78 is 1.99. The van der Waals surface area contributed by atoms with E-state index in [0.717, 1.165) is 16.6 Å². The Hall–Kier alpha value is -2.29. The number of hydrogen-bond acceptors (Lipinski definition) is 2. The van der Waals surface area contributed by atoms with Crippen molar-refractivity contribution in [1.82, 2.24) is 9.66 Å². The second kappa shape index (κ2) is 3.38. The highest BCUT2D eigenvalue weighted by Crippen LogP contribution is 2.14. The van der Waals surface area contributed by atoms with E-state index in [0.29, 0.717) is 0 Å². The Morgan fingerprint density at radius 1 is 1.06 bits per heavy atom. The van der Waals surface area contributed by atoms with Crippen molar-refractivity contribution in [2.24, 2.45) is 0 Å². The van der Waals surface area contributed by atoms with Gasteiger partial charge in [0, 0.05) is 12.4 Å². The van der Waals surface area contributed by atoms with Crippen molar-refractivity contribution in [2.75, 3.05) is 5.01 Å². The van der Waals surface area contributed by atoms with Gasteiger partial charge in [0.15, 0.2) is 0 Å². The van der Waals surface area contributed by atoms with Gasteiger partial charge in [-0.3, -0.25) is 5.01 Å². The normalized spacial score (nSPS) is 15.0. The predicted octanol–water partition coefficient (Wildman–Crippen LogP) is 2.57. The molecular weight excluding hydrogens is 198 g/mol. The molecule has 0 spiro atoms. The number of fused-ring (bicyclic) bond motifs is 1. The summed E-state index contributed by atoms with van der Waals surface area (Å²) in [6.45, 7) is 3.87. The lowest BCUT2D eigenvalue weighted by atomic mass is 10.2. The minimum atomic E-state index is 0.994. The molecule has 2 heterocycles.